The van der Waals surface area contributed by atoms with Crippen LogP contribution in [0.3, 0.4) is 0 Å². The largest absolute Gasteiger partial charge is 0.507 e. The Morgan fingerprint density at radius 1 is 1.09 bits per heavy atom. The lowest BCUT2D eigenvalue weighted by Gasteiger charge is -2.31. The lowest BCUT2D eigenvalue weighted by atomic mass is 9.75. The highest BCUT2D eigenvalue weighted by atomic mass is 16.6. The second-order valence-electron chi connectivity index (χ2n) is 8.85. The van der Waals surface area contributed by atoms with E-state index in [1.807, 2.05) is 13.0 Å². The summed E-state index contributed by atoms with van der Waals surface area (Å²) >= 11 is 0. The van der Waals surface area contributed by atoms with E-state index in [0.29, 0.717) is 28.9 Å². The van der Waals surface area contributed by atoms with Gasteiger partial charge in [-0.15, -0.1) is 0 Å². The molecule has 1 N–H and O–H groups in total. The molecular weight excluding hydrogens is 420 g/mol. The SMILES string of the molecule is CCCCCCCC(=O)C1=C2C3=COC(c4c(C)cccc4O)=CC3=CC(=O)[C@]2(C)OC1=O. The molecule has 0 radical (unpaired) electrons. The third kappa shape index (κ3) is 3.94. The molecule has 33 heavy (non-hydrogen) atoms. The lowest BCUT2D eigenvalue weighted by Crippen LogP contribution is -2.40. The Kier molecular flexibility index (Phi) is 6.11. The van der Waals surface area contributed by atoms with E-state index in [2.05, 4.69) is 6.92 Å². The molecule has 3 aliphatic rings. The molecule has 0 spiro atoms. The van der Waals surface area contributed by atoms with E-state index >= 15 is 0 Å². The number of hydrogen-bond acceptors (Lipinski definition) is 6. The predicted molar refractivity (Wildman–Crippen MR) is 123 cm³/mol. The highest BCUT2D eigenvalue weighted by molar-refractivity contribution is 6.24. The van der Waals surface area contributed by atoms with E-state index in [-0.39, 0.29) is 29.1 Å². The summed E-state index contributed by atoms with van der Waals surface area (Å²) in [5.74, 6) is -1.04. The van der Waals surface area contributed by atoms with E-state index < -0.39 is 17.4 Å². The van der Waals surface area contributed by atoms with Crippen molar-refractivity contribution < 1.29 is 29.0 Å². The van der Waals surface area contributed by atoms with Crippen LogP contribution >= 0.6 is 0 Å². The Hall–Kier alpha value is -3.41. The number of benzene rings is 1. The number of carbonyl (C=O) groups is 3. The Morgan fingerprint density at radius 3 is 2.58 bits per heavy atom. The van der Waals surface area contributed by atoms with Crippen molar-refractivity contribution in [2.45, 2.75) is 64.9 Å². The van der Waals surface area contributed by atoms with Crippen LogP contribution in [0.1, 0.15) is 63.5 Å². The van der Waals surface area contributed by atoms with Gasteiger partial charge < -0.3 is 14.6 Å². The minimum Gasteiger partial charge on any atom is -0.507 e. The molecule has 2 aliphatic heterocycles. The number of ketones is 2. The fourth-order valence-electron chi connectivity index (χ4n) is 4.61. The first-order chi connectivity index (χ1) is 15.8. The van der Waals surface area contributed by atoms with Gasteiger partial charge in [0, 0.05) is 17.6 Å². The van der Waals surface area contributed by atoms with Gasteiger partial charge in [-0.3, -0.25) is 9.59 Å². The maximum Gasteiger partial charge on any atom is 0.343 e. The number of allylic oxidation sites excluding steroid dienone is 2. The normalized spacial score (nSPS) is 21.5. The average Bonchev–Trinajstić information content (AvgIpc) is 3.05. The summed E-state index contributed by atoms with van der Waals surface area (Å²) in [5.41, 5.74) is 1.00. The van der Waals surface area contributed by atoms with Gasteiger partial charge in [0.05, 0.1) is 11.8 Å². The quantitative estimate of drug-likeness (QED) is 0.342. The Labute approximate surface area is 193 Å². The topological polar surface area (TPSA) is 89.9 Å². The zero-order valence-corrected chi connectivity index (χ0v) is 19.2. The number of aryl methyl sites for hydroxylation is 1. The fraction of sp³-hybridized carbons (Fsp3) is 0.370. The molecule has 6 nitrogen and oxygen atoms in total. The summed E-state index contributed by atoms with van der Waals surface area (Å²) in [4.78, 5) is 38.8. The molecule has 4 rings (SSSR count). The van der Waals surface area contributed by atoms with E-state index in [1.54, 1.807) is 18.2 Å². The zero-order chi connectivity index (χ0) is 23.8. The number of carbonyl (C=O) groups excluding carboxylic acids is 3. The van der Waals surface area contributed by atoms with Crippen LogP contribution in [0.15, 0.2) is 58.9 Å². The van der Waals surface area contributed by atoms with Crippen molar-refractivity contribution in [1.29, 1.82) is 0 Å². The van der Waals surface area contributed by atoms with Gasteiger partial charge in [-0.1, -0.05) is 44.7 Å². The molecule has 1 aliphatic carbocycles. The molecule has 0 saturated heterocycles. The van der Waals surface area contributed by atoms with Crippen LogP contribution in [-0.4, -0.2) is 28.2 Å². The number of Topliss-reactive ketones (excluding diaryl/α,β-unsaturated/α-hetero) is 1. The number of fused-ring (bicyclic) bond motifs is 3. The first kappa shape index (κ1) is 22.8. The number of unbranched alkanes of at least 4 members (excludes halogenated alkanes) is 4. The van der Waals surface area contributed by atoms with Crippen LogP contribution in [-0.2, 0) is 23.9 Å². The Bertz CT molecular complexity index is 1140. The minimum absolute atomic E-state index is 0.0580. The van der Waals surface area contributed by atoms with Crippen LogP contribution in [0, 0.1) is 6.92 Å². The molecule has 1 aromatic carbocycles. The summed E-state index contributed by atoms with van der Waals surface area (Å²) in [7, 11) is 0. The third-order valence-corrected chi connectivity index (χ3v) is 6.44. The Balaban J connectivity index is 1.70. The second kappa shape index (κ2) is 8.85. The average molecular weight is 449 g/mol. The first-order valence-electron chi connectivity index (χ1n) is 11.4. The number of rotatable bonds is 8. The highest BCUT2D eigenvalue weighted by Crippen LogP contribution is 2.47. The van der Waals surface area contributed by atoms with Gasteiger partial charge in [-0.05, 0) is 49.6 Å². The van der Waals surface area contributed by atoms with Gasteiger partial charge in [0.1, 0.15) is 17.1 Å². The third-order valence-electron chi connectivity index (χ3n) is 6.44. The van der Waals surface area contributed by atoms with Crippen molar-refractivity contribution in [2.75, 3.05) is 0 Å². The molecule has 2 heterocycles. The number of phenols is 1. The molecule has 0 fully saturated rings. The van der Waals surface area contributed by atoms with Gasteiger partial charge in [0.25, 0.3) is 0 Å². The molecule has 0 unspecified atom stereocenters. The number of esters is 1. The van der Waals surface area contributed by atoms with Crippen molar-refractivity contribution >= 4 is 23.3 Å². The molecule has 0 aromatic heterocycles. The second-order valence-corrected chi connectivity index (χ2v) is 8.85. The lowest BCUT2D eigenvalue weighted by molar-refractivity contribution is -0.152. The van der Waals surface area contributed by atoms with Crippen molar-refractivity contribution in [3.8, 4) is 5.75 Å². The van der Waals surface area contributed by atoms with Crippen molar-refractivity contribution in [2.24, 2.45) is 0 Å². The minimum atomic E-state index is -1.54. The van der Waals surface area contributed by atoms with Gasteiger partial charge >= 0.3 is 5.97 Å². The molecule has 172 valence electrons. The van der Waals surface area contributed by atoms with Crippen LogP contribution in [0.4, 0.5) is 0 Å². The monoisotopic (exact) mass is 448 g/mol. The highest BCUT2D eigenvalue weighted by Gasteiger charge is 2.54. The van der Waals surface area contributed by atoms with Gasteiger partial charge in [-0.2, -0.15) is 0 Å². The molecule has 1 atom stereocenters. The molecule has 0 saturated carbocycles. The molecule has 0 bridgehead atoms. The maximum atomic E-state index is 13.0. The van der Waals surface area contributed by atoms with Crippen LogP contribution in [0.2, 0.25) is 0 Å². The van der Waals surface area contributed by atoms with Crippen molar-refractivity contribution in [3.05, 3.63) is 70.0 Å². The Morgan fingerprint density at radius 2 is 1.85 bits per heavy atom. The van der Waals surface area contributed by atoms with E-state index in [9.17, 15) is 19.5 Å². The van der Waals surface area contributed by atoms with Crippen molar-refractivity contribution in [1.82, 2.24) is 0 Å². The van der Waals surface area contributed by atoms with E-state index in [1.165, 1.54) is 19.3 Å². The molecule has 6 heteroatoms. The van der Waals surface area contributed by atoms with Gasteiger partial charge in [0.15, 0.2) is 11.4 Å². The number of phenolic OH excluding ortho intramolecular Hbond substituents is 1. The van der Waals surface area contributed by atoms with Crippen LogP contribution in [0.25, 0.3) is 5.76 Å². The maximum absolute atomic E-state index is 13.0. The number of ether oxygens (including phenoxy) is 2. The smallest absolute Gasteiger partial charge is 0.343 e. The summed E-state index contributed by atoms with van der Waals surface area (Å²) in [6, 6.07) is 5.14. The van der Waals surface area contributed by atoms with Crippen LogP contribution < -0.4 is 0 Å². The standard InChI is InChI=1S/C27H28O6/c1-4-5-6-7-8-11-20(29)24-25-18-15-32-21(23-16(2)10-9-12-19(23)28)13-17(18)14-22(30)27(25,3)33-26(24)31/h9-10,12-15,28H,4-8,11H2,1-3H3/t27-/m0/s1. The number of hydrogen-bond donors (Lipinski definition) is 1. The van der Waals surface area contributed by atoms with Crippen LogP contribution in [0.5, 0.6) is 5.75 Å². The first-order valence-corrected chi connectivity index (χ1v) is 11.4. The summed E-state index contributed by atoms with van der Waals surface area (Å²) in [6.45, 7) is 5.49. The molecule has 1 aromatic rings. The molecular formula is C27H28O6. The van der Waals surface area contributed by atoms with Gasteiger partial charge in [0.2, 0.25) is 5.78 Å². The van der Waals surface area contributed by atoms with E-state index in [4.69, 9.17) is 9.47 Å². The van der Waals surface area contributed by atoms with Crippen molar-refractivity contribution in [3.63, 3.8) is 0 Å². The van der Waals surface area contributed by atoms with E-state index in [0.717, 1.165) is 31.2 Å². The fourth-order valence-corrected chi connectivity index (χ4v) is 4.61. The zero-order valence-electron chi connectivity index (χ0n) is 19.2. The van der Waals surface area contributed by atoms with Gasteiger partial charge in [-0.25, -0.2) is 4.79 Å². The summed E-state index contributed by atoms with van der Waals surface area (Å²) < 4.78 is 11.3. The summed E-state index contributed by atoms with van der Waals surface area (Å²) in [5, 5.41) is 10.3. The predicted octanol–water partition coefficient (Wildman–Crippen LogP) is 5.01. The summed E-state index contributed by atoms with van der Waals surface area (Å²) in [6.07, 6.45) is 9.57. The number of aromatic hydroxyl groups is 1. The molecule has 0 amide bonds.